The Kier molecular flexibility index (Phi) is 7.44. The first-order valence-electron chi connectivity index (χ1n) is 9.19. The van der Waals surface area contributed by atoms with Crippen LogP contribution < -0.4 is 10.1 Å². The molecule has 1 fully saturated rings. The van der Waals surface area contributed by atoms with Gasteiger partial charge in [-0.25, -0.2) is 0 Å². The van der Waals surface area contributed by atoms with E-state index in [1.807, 2.05) is 36.4 Å². The van der Waals surface area contributed by atoms with Gasteiger partial charge in [0.15, 0.2) is 0 Å². The van der Waals surface area contributed by atoms with Crippen LogP contribution in [0.5, 0.6) is 5.75 Å². The van der Waals surface area contributed by atoms with Gasteiger partial charge in [0, 0.05) is 16.5 Å². The number of likely N-dealkylation sites (tertiary alicyclic amines) is 1. The minimum atomic E-state index is 0.0436. The number of halogens is 1. The lowest BCUT2D eigenvalue weighted by Crippen LogP contribution is -2.37. The van der Waals surface area contributed by atoms with E-state index in [0.717, 1.165) is 23.7 Å². The van der Waals surface area contributed by atoms with Crippen LogP contribution in [0.4, 0.5) is 0 Å². The second-order valence-electron chi connectivity index (χ2n) is 6.58. The second-order valence-corrected chi connectivity index (χ2v) is 8.07. The van der Waals surface area contributed by atoms with Crippen molar-refractivity contribution < 1.29 is 9.53 Å². The maximum atomic E-state index is 12.4. The van der Waals surface area contributed by atoms with Crippen molar-refractivity contribution in [3.63, 3.8) is 0 Å². The first-order valence-corrected chi connectivity index (χ1v) is 10.5. The van der Waals surface area contributed by atoms with Crippen LogP contribution in [-0.2, 0) is 4.79 Å². The Morgan fingerprint density at radius 3 is 2.67 bits per heavy atom. The van der Waals surface area contributed by atoms with Crippen molar-refractivity contribution in [2.45, 2.75) is 23.8 Å². The third-order valence-corrected chi connectivity index (χ3v) is 6.00. The van der Waals surface area contributed by atoms with Crippen LogP contribution in [0.1, 0.15) is 24.4 Å². The number of ether oxygens (including phenoxy) is 1. The highest BCUT2D eigenvalue weighted by molar-refractivity contribution is 8.00. The lowest BCUT2D eigenvalue weighted by molar-refractivity contribution is -0.118. The largest absolute Gasteiger partial charge is 0.497 e. The molecule has 6 heteroatoms. The summed E-state index contributed by atoms with van der Waals surface area (Å²) >= 11 is 7.42. The van der Waals surface area contributed by atoms with Gasteiger partial charge in [0.1, 0.15) is 5.75 Å². The summed E-state index contributed by atoms with van der Waals surface area (Å²) in [5.41, 5.74) is 1.18. The van der Waals surface area contributed by atoms with Gasteiger partial charge in [-0.2, -0.15) is 0 Å². The molecule has 1 saturated heterocycles. The molecule has 0 saturated carbocycles. The Morgan fingerprint density at radius 2 is 1.96 bits per heavy atom. The van der Waals surface area contributed by atoms with Crippen LogP contribution in [0, 0.1) is 0 Å². The van der Waals surface area contributed by atoms with E-state index in [4.69, 9.17) is 16.3 Å². The smallest absolute Gasteiger partial charge is 0.230 e. The number of thioether (sulfide) groups is 1. The van der Waals surface area contributed by atoms with E-state index < -0.39 is 0 Å². The number of carbonyl (C=O) groups excluding carboxylic acids is 1. The molecule has 0 aliphatic carbocycles. The quantitative estimate of drug-likeness (QED) is 0.662. The van der Waals surface area contributed by atoms with Gasteiger partial charge in [0.05, 0.1) is 18.9 Å². The summed E-state index contributed by atoms with van der Waals surface area (Å²) in [6.45, 7) is 2.74. The van der Waals surface area contributed by atoms with Gasteiger partial charge < -0.3 is 10.1 Å². The van der Waals surface area contributed by atoms with E-state index in [0.29, 0.717) is 17.3 Å². The van der Waals surface area contributed by atoms with Crippen molar-refractivity contribution in [2.75, 3.05) is 32.5 Å². The van der Waals surface area contributed by atoms with E-state index in [1.54, 1.807) is 7.11 Å². The molecule has 0 bridgehead atoms. The standard InChI is InChI=1S/C21H25ClN2O2S/c1-26-18-6-4-5-16(13-18)20(24-11-2-3-12-24)14-23-21(25)15-27-19-9-7-17(22)8-10-19/h4-10,13,20H,2-3,11-12,14-15H2,1H3,(H,23,25). The molecule has 2 aromatic carbocycles. The van der Waals surface area contributed by atoms with Crippen molar-refractivity contribution in [3.05, 3.63) is 59.1 Å². The molecule has 3 rings (SSSR count). The minimum Gasteiger partial charge on any atom is -0.497 e. The van der Waals surface area contributed by atoms with Crippen LogP contribution >= 0.6 is 23.4 Å². The Hall–Kier alpha value is -1.69. The molecule has 0 aromatic heterocycles. The summed E-state index contributed by atoms with van der Waals surface area (Å²) in [7, 11) is 1.68. The summed E-state index contributed by atoms with van der Waals surface area (Å²) in [6, 6.07) is 15.9. The van der Waals surface area contributed by atoms with Gasteiger partial charge >= 0.3 is 0 Å². The Morgan fingerprint density at radius 1 is 1.22 bits per heavy atom. The number of carbonyl (C=O) groups is 1. The average molecular weight is 405 g/mol. The van der Waals surface area contributed by atoms with E-state index in [2.05, 4.69) is 22.3 Å². The number of hydrogen-bond acceptors (Lipinski definition) is 4. The number of methoxy groups -OCH3 is 1. The normalized spacial score (nSPS) is 15.5. The molecule has 1 heterocycles. The van der Waals surface area contributed by atoms with Gasteiger partial charge in [-0.3, -0.25) is 9.69 Å². The molecule has 2 aromatic rings. The molecule has 1 amide bonds. The number of rotatable bonds is 8. The number of nitrogens with one attached hydrogen (secondary N) is 1. The number of nitrogens with zero attached hydrogens (tertiary/aromatic N) is 1. The Labute approximate surface area is 170 Å². The lowest BCUT2D eigenvalue weighted by Gasteiger charge is -2.28. The highest BCUT2D eigenvalue weighted by Gasteiger charge is 2.24. The first-order chi connectivity index (χ1) is 13.2. The zero-order valence-electron chi connectivity index (χ0n) is 15.5. The predicted octanol–water partition coefficient (Wildman–Crippen LogP) is 4.39. The fourth-order valence-corrected chi connectivity index (χ4v) is 4.16. The Balaban J connectivity index is 1.58. The average Bonchev–Trinajstić information content (AvgIpc) is 3.22. The SMILES string of the molecule is COc1cccc(C(CNC(=O)CSc2ccc(Cl)cc2)N2CCCC2)c1. The minimum absolute atomic E-state index is 0.0436. The summed E-state index contributed by atoms with van der Waals surface area (Å²) in [6.07, 6.45) is 2.42. The molecule has 1 aliphatic heterocycles. The van der Waals surface area contributed by atoms with Crippen molar-refractivity contribution >= 4 is 29.3 Å². The van der Waals surface area contributed by atoms with E-state index in [1.165, 1.54) is 30.2 Å². The summed E-state index contributed by atoms with van der Waals surface area (Å²) in [5.74, 6) is 1.29. The summed E-state index contributed by atoms with van der Waals surface area (Å²) in [4.78, 5) is 15.8. The van der Waals surface area contributed by atoms with E-state index >= 15 is 0 Å². The molecule has 27 heavy (non-hydrogen) atoms. The van der Waals surface area contributed by atoms with Gasteiger partial charge in [-0.15, -0.1) is 11.8 Å². The maximum absolute atomic E-state index is 12.4. The molecule has 144 valence electrons. The van der Waals surface area contributed by atoms with E-state index in [-0.39, 0.29) is 11.9 Å². The molecule has 4 nitrogen and oxygen atoms in total. The van der Waals surface area contributed by atoms with Gasteiger partial charge in [-0.05, 0) is 67.9 Å². The molecule has 1 atom stereocenters. The highest BCUT2D eigenvalue weighted by atomic mass is 35.5. The van der Waals surface area contributed by atoms with Gasteiger partial charge in [-0.1, -0.05) is 23.7 Å². The zero-order chi connectivity index (χ0) is 19.1. The monoisotopic (exact) mass is 404 g/mol. The van der Waals surface area contributed by atoms with Crippen LogP contribution in [0.25, 0.3) is 0 Å². The van der Waals surface area contributed by atoms with Crippen LogP contribution in [0.15, 0.2) is 53.4 Å². The fourth-order valence-electron chi connectivity index (χ4n) is 3.30. The number of amides is 1. The van der Waals surface area contributed by atoms with Crippen LogP contribution in [0.2, 0.25) is 5.02 Å². The topological polar surface area (TPSA) is 41.6 Å². The lowest BCUT2D eigenvalue weighted by atomic mass is 10.0. The van der Waals surface area contributed by atoms with Crippen LogP contribution in [0.3, 0.4) is 0 Å². The molecule has 1 aliphatic rings. The van der Waals surface area contributed by atoms with Crippen molar-refractivity contribution in [1.29, 1.82) is 0 Å². The zero-order valence-corrected chi connectivity index (χ0v) is 17.1. The number of benzene rings is 2. The molecule has 1 N–H and O–H groups in total. The van der Waals surface area contributed by atoms with E-state index in [9.17, 15) is 4.79 Å². The van der Waals surface area contributed by atoms with Gasteiger partial charge in [0.25, 0.3) is 0 Å². The number of hydrogen-bond donors (Lipinski definition) is 1. The van der Waals surface area contributed by atoms with Gasteiger partial charge in [0.2, 0.25) is 5.91 Å². The maximum Gasteiger partial charge on any atom is 0.230 e. The predicted molar refractivity (Wildman–Crippen MR) is 112 cm³/mol. The third-order valence-electron chi connectivity index (χ3n) is 4.74. The fraction of sp³-hybridized carbons (Fsp3) is 0.381. The molecule has 0 spiro atoms. The molecular weight excluding hydrogens is 380 g/mol. The molecular formula is C21H25ClN2O2S. The summed E-state index contributed by atoms with van der Waals surface area (Å²) in [5, 5.41) is 3.81. The van der Waals surface area contributed by atoms with Crippen LogP contribution in [-0.4, -0.2) is 43.3 Å². The first kappa shape index (κ1) is 20.1. The summed E-state index contributed by atoms with van der Waals surface area (Å²) < 4.78 is 5.37. The second kappa shape index (κ2) is 10.0. The van der Waals surface area contributed by atoms with Crippen molar-refractivity contribution in [3.8, 4) is 5.75 Å². The van der Waals surface area contributed by atoms with Crippen molar-refractivity contribution in [2.24, 2.45) is 0 Å². The third kappa shape index (κ3) is 5.89. The molecule has 1 unspecified atom stereocenters. The van der Waals surface area contributed by atoms with Crippen molar-refractivity contribution in [1.82, 2.24) is 10.2 Å². The molecule has 0 radical (unpaired) electrons. The Bertz CT molecular complexity index is 748. The highest BCUT2D eigenvalue weighted by Crippen LogP contribution is 2.27.